The first kappa shape index (κ1) is 20.1. The maximum Gasteiger partial charge on any atom is 0.241 e. The Bertz CT molecular complexity index is 771. The maximum absolute atomic E-state index is 12.7. The SMILES string of the molecule is Cc1ccc(S(C)(=O)=O)cc1S(=O)(=O)NC(C)(CN)CC(C)C. The van der Waals surface area contributed by atoms with E-state index < -0.39 is 25.4 Å². The standard InChI is InChI=1S/C15H26N2O4S2/c1-11(2)9-15(4,10-16)17-23(20,21)14-8-13(22(5,18)19)7-6-12(14)3/h6-8,11,17H,9-10,16H2,1-5H3. The van der Waals surface area contributed by atoms with Gasteiger partial charge in [0, 0.05) is 18.3 Å². The van der Waals surface area contributed by atoms with Crippen molar-refractivity contribution in [2.45, 2.75) is 49.4 Å². The molecule has 1 atom stereocenters. The number of aryl methyl sites for hydroxylation is 1. The zero-order valence-corrected chi connectivity index (χ0v) is 15.9. The molecule has 0 heterocycles. The van der Waals surface area contributed by atoms with Crippen LogP contribution in [0.5, 0.6) is 0 Å². The Morgan fingerprint density at radius 3 is 2.22 bits per heavy atom. The van der Waals surface area contributed by atoms with E-state index in [9.17, 15) is 16.8 Å². The molecule has 1 aromatic carbocycles. The molecule has 1 unspecified atom stereocenters. The van der Waals surface area contributed by atoms with Crippen LogP contribution in [0.3, 0.4) is 0 Å². The first-order valence-electron chi connectivity index (χ1n) is 7.35. The lowest BCUT2D eigenvalue weighted by Gasteiger charge is -2.31. The molecule has 0 saturated carbocycles. The molecule has 0 radical (unpaired) electrons. The summed E-state index contributed by atoms with van der Waals surface area (Å²) in [5.41, 5.74) is 5.44. The third-order valence-electron chi connectivity index (χ3n) is 3.57. The molecule has 132 valence electrons. The van der Waals surface area contributed by atoms with Crippen LogP contribution in [0.2, 0.25) is 0 Å². The second-order valence-corrected chi connectivity index (χ2v) is 10.3. The third kappa shape index (κ3) is 5.27. The normalized spacial score (nSPS) is 15.6. The van der Waals surface area contributed by atoms with E-state index in [0.717, 1.165) is 6.26 Å². The molecule has 0 amide bonds. The minimum Gasteiger partial charge on any atom is -0.329 e. The van der Waals surface area contributed by atoms with Crippen molar-refractivity contribution in [2.75, 3.05) is 12.8 Å². The van der Waals surface area contributed by atoms with Crippen molar-refractivity contribution >= 4 is 19.9 Å². The summed E-state index contributed by atoms with van der Waals surface area (Å²) in [4.78, 5) is -0.0642. The Morgan fingerprint density at radius 2 is 1.78 bits per heavy atom. The van der Waals surface area contributed by atoms with Gasteiger partial charge in [0.05, 0.1) is 9.79 Å². The summed E-state index contributed by atoms with van der Waals surface area (Å²) < 4.78 is 51.4. The number of sulfone groups is 1. The number of benzene rings is 1. The van der Waals surface area contributed by atoms with Gasteiger partial charge >= 0.3 is 0 Å². The molecular formula is C15H26N2O4S2. The van der Waals surface area contributed by atoms with Crippen LogP contribution in [0, 0.1) is 12.8 Å². The first-order valence-corrected chi connectivity index (χ1v) is 10.7. The first-order chi connectivity index (χ1) is 10.3. The average Bonchev–Trinajstić information content (AvgIpc) is 2.35. The molecule has 0 fully saturated rings. The molecule has 6 nitrogen and oxygen atoms in total. The molecule has 0 aromatic heterocycles. The van der Waals surface area contributed by atoms with Gasteiger partial charge in [0.15, 0.2) is 9.84 Å². The molecular weight excluding hydrogens is 336 g/mol. The molecule has 0 bridgehead atoms. The topological polar surface area (TPSA) is 106 Å². The molecule has 3 N–H and O–H groups in total. The Balaban J connectivity index is 3.33. The van der Waals surface area contributed by atoms with E-state index in [2.05, 4.69) is 4.72 Å². The zero-order valence-electron chi connectivity index (χ0n) is 14.3. The minimum absolute atomic E-state index is 0.0261. The van der Waals surface area contributed by atoms with Crippen molar-refractivity contribution in [1.82, 2.24) is 4.72 Å². The van der Waals surface area contributed by atoms with Crippen LogP contribution >= 0.6 is 0 Å². The van der Waals surface area contributed by atoms with Crippen molar-refractivity contribution in [1.29, 1.82) is 0 Å². The molecule has 23 heavy (non-hydrogen) atoms. The van der Waals surface area contributed by atoms with Gasteiger partial charge in [-0.1, -0.05) is 19.9 Å². The van der Waals surface area contributed by atoms with Gasteiger partial charge < -0.3 is 5.73 Å². The molecule has 0 spiro atoms. The molecule has 0 aliphatic heterocycles. The predicted molar refractivity (Wildman–Crippen MR) is 91.5 cm³/mol. The second-order valence-electron chi connectivity index (χ2n) is 6.67. The summed E-state index contributed by atoms with van der Waals surface area (Å²) in [6.07, 6.45) is 1.62. The summed E-state index contributed by atoms with van der Waals surface area (Å²) in [7, 11) is -7.37. The van der Waals surface area contributed by atoms with Gasteiger partial charge in [-0.2, -0.15) is 0 Å². The lowest BCUT2D eigenvalue weighted by atomic mass is 9.92. The van der Waals surface area contributed by atoms with E-state index >= 15 is 0 Å². The van der Waals surface area contributed by atoms with Crippen molar-refractivity contribution < 1.29 is 16.8 Å². The van der Waals surface area contributed by atoms with Gasteiger partial charge in [0.1, 0.15) is 0 Å². The number of hydrogen-bond donors (Lipinski definition) is 2. The molecule has 0 aliphatic rings. The predicted octanol–water partition coefficient (Wildman–Crippen LogP) is 1.44. The largest absolute Gasteiger partial charge is 0.329 e. The van der Waals surface area contributed by atoms with Crippen LogP contribution in [0.15, 0.2) is 28.0 Å². The third-order valence-corrected chi connectivity index (χ3v) is 6.46. The summed E-state index contributed by atoms with van der Waals surface area (Å²) in [5.74, 6) is 0.259. The van der Waals surface area contributed by atoms with E-state index in [1.165, 1.54) is 18.2 Å². The summed E-state index contributed by atoms with van der Waals surface area (Å²) in [6.45, 7) is 7.49. The monoisotopic (exact) mass is 362 g/mol. The number of nitrogens with two attached hydrogens (primary N) is 1. The highest BCUT2D eigenvalue weighted by Gasteiger charge is 2.31. The fourth-order valence-electron chi connectivity index (χ4n) is 2.55. The van der Waals surface area contributed by atoms with Crippen LogP contribution in [0.25, 0.3) is 0 Å². The molecule has 8 heteroatoms. The smallest absolute Gasteiger partial charge is 0.241 e. The van der Waals surface area contributed by atoms with Gasteiger partial charge in [0.25, 0.3) is 0 Å². The Morgan fingerprint density at radius 1 is 1.22 bits per heavy atom. The Kier molecular flexibility index (Phi) is 6.01. The van der Waals surface area contributed by atoms with Gasteiger partial charge in [0.2, 0.25) is 10.0 Å². The fourth-order valence-corrected chi connectivity index (χ4v) is 4.97. The van der Waals surface area contributed by atoms with E-state index in [0.29, 0.717) is 12.0 Å². The second kappa shape index (κ2) is 6.88. The minimum atomic E-state index is -3.88. The van der Waals surface area contributed by atoms with Gasteiger partial charge in [-0.25, -0.2) is 21.6 Å². The fraction of sp³-hybridized carbons (Fsp3) is 0.600. The molecule has 1 aromatic rings. The Labute approximate surface area is 139 Å². The van der Waals surface area contributed by atoms with Crippen molar-refractivity contribution in [2.24, 2.45) is 11.7 Å². The lowest BCUT2D eigenvalue weighted by Crippen LogP contribution is -2.52. The summed E-state index contributed by atoms with van der Waals surface area (Å²) >= 11 is 0. The highest BCUT2D eigenvalue weighted by molar-refractivity contribution is 7.91. The van der Waals surface area contributed by atoms with Crippen molar-refractivity contribution in [3.05, 3.63) is 23.8 Å². The summed E-state index contributed by atoms with van der Waals surface area (Å²) in [5, 5.41) is 0. The maximum atomic E-state index is 12.7. The van der Waals surface area contributed by atoms with Gasteiger partial charge in [-0.15, -0.1) is 0 Å². The van der Waals surface area contributed by atoms with Gasteiger partial charge in [-0.3, -0.25) is 0 Å². The van der Waals surface area contributed by atoms with Crippen LogP contribution in [0.4, 0.5) is 0 Å². The Hall–Kier alpha value is -0.960. The number of rotatable bonds is 7. The van der Waals surface area contributed by atoms with E-state index in [-0.39, 0.29) is 22.3 Å². The van der Waals surface area contributed by atoms with E-state index in [1.54, 1.807) is 13.8 Å². The quantitative estimate of drug-likeness (QED) is 0.763. The van der Waals surface area contributed by atoms with Crippen molar-refractivity contribution in [3.8, 4) is 0 Å². The zero-order chi connectivity index (χ0) is 18.1. The highest BCUT2D eigenvalue weighted by Crippen LogP contribution is 2.23. The number of hydrogen-bond acceptors (Lipinski definition) is 5. The number of nitrogens with one attached hydrogen (secondary N) is 1. The summed E-state index contributed by atoms with van der Waals surface area (Å²) in [6, 6.07) is 4.09. The van der Waals surface area contributed by atoms with E-state index in [1.807, 2.05) is 13.8 Å². The van der Waals surface area contributed by atoms with Crippen molar-refractivity contribution in [3.63, 3.8) is 0 Å². The number of sulfonamides is 1. The van der Waals surface area contributed by atoms with Crippen LogP contribution in [-0.4, -0.2) is 35.2 Å². The van der Waals surface area contributed by atoms with Gasteiger partial charge in [-0.05, 0) is 43.9 Å². The highest BCUT2D eigenvalue weighted by atomic mass is 32.2. The molecule has 1 rings (SSSR count). The average molecular weight is 363 g/mol. The lowest BCUT2D eigenvalue weighted by molar-refractivity contribution is 0.344. The van der Waals surface area contributed by atoms with Crippen LogP contribution in [0.1, 0.15) is 32.8 Å². The molecule has 0 saturated heterocycles. The molecule has 0 aliphatic carbocycles. The van der Waals surface area contributed by atoms with Crippen LogP contribution < -0.4 is 10.5 Å². The van der Waals surface area contributed by atoms with Crippen LogP contribution in [-0.2, 0) is 19.9 Å². The van der Waals surface area contributed by atoms with E-state index in [4.69, 9.17) is 5.73 Å².